The molecule has 0 bridgehead atoms. The van der Waals surface area contributed by atoms with Crippen molar-refractivity contribution in [3.63, 3.8) is 0 Å². The lowest BCUT2D eigenvalue weighted by molar-refractivity contribution is -0.117. The van der Waals surface area contributed by atoms with Crippen LogP contribution in [0.3, 0.4) is 0 Å². The molecule has 1 aromatic rings. The second kappa shape index (κ2) is 5.22. The standard InChI is InChI=1S/C11H9BrClNO4S/c12-8-1-2-10(7(3-8)6-15)14-5-9(4-11(14)16)19(13,17)18/h1-3,6,9H,4-5H2. The van der Waals surface area contributed by atoms with Crippen molar-refractivity contribution in [3.8, 4) is 0 Å². The zero-order chi connectivity index (χ0) is 14.2. The molecule has 0 radical (unpaired) electrons. The Labute approximate surface area is 123 Å². The first-order valence-electron chi connectivity index (χ1n) is 5.31. The van der Waals surface area contributed by atoms with Gasteiger partial charge in [-0.15, -0.1) is 0 Å². The van der Waals surface area contributed by atoms with Gasteiger partial charge in [0.2, 0.25) is 15.0 Å². The van der Waals surface area contributed by atoms with Crippen LogP contribution in [0.4, 0.5) is 5.69 Å². The third kappa shape index (κ3) is 2.98. The SMILES string of the molecule is O=Cc1cc(Br)ccc1N1CC(S(=O)(=O)Cl)CC1=O. The van der Waals surface area contributed by atoms with Gasteiger partial charge in [-0.3, -0.25) is 9.59 Å². The van der Waals surface area contributed by atoms with E-state index in [1.807, 2.05) is 0 Å². The summed E-state index contributed by atoms with van der Waals surface area (Å²) in [4.78, 5) is 24.2. The molecule has 5 nitrogen and oxygen atoms in total. The van der Waals surface area contributed by atoms with Crippen molar-refractivity contribution in [2.75, 3.05) is 11.4 Å². The van der Waals surface area contributed by atoms with E-state index in [0.29, 0.717) is 22.0 Å². The van der Waals surface area contributed by atoms with E-state index in [9.17, 15) is 18.0 Å². The maximum atomic E-state index is 11.9. The second-order valence-electron chi connectivity index (χ2n) is 4.13. The molecule has 1 fully saturated rings. The predicted octanol–water partition coefficient (Wildman–Crippen LogP) is 1.94. The van der Waals surface area contributed by atoms with Gasteiger partial charge < -0.3 is 4.90 Å². The summed E-state index contributed by atoms with van der Waals surface area (Å²) >= 11 is 3.23. The number of rotatable bonds is 3. The molecule has 8 heteroatoms. The quantitative estimate of drug-likeness (QED) is 0.605. The fraction of sp³-hybridized carbons (Fsp3) is 0.273. The molecule has 1 atom stereocenters. The highest BCUT2D eigenvalue weighted by molar-refractivity contribution is 9.10. The average molecular weight is 367 g/mol. The van der Waals surface area contributed by atoms with Gasteiger partial charge in [-0.1, -0.05) is 15.9 Å². The van der Waals surface area contributed by atoms with Crippen molar-refractivity contribution in [2.24, 2.45) is 0 Å². The molecule has 1 unspecified atom stereocenters. The largest absolute Gasteiger partial charge is 0.310 e. The molecule has 0 N–H and O–H groups in total. The molecule has 0 aliphatic carbocycles. The summed E-state index contributed by atoms with van der Waals surface area (Å²) in [6.07, 6.45) is 0.454. The molecule has 102 valence electrons. The van der Waals surface area contributed by atoms with E-state index in [1.54, 1.807) is 18.2 Å². The zero-order valence-corrected chi connectivity index (χ0v) is 12.7. The van der Waals surface area contributed by atoms with E-state index in [-0.39, 0.29) is 18.9 Å². The van der Waals surface area contributed by atoms with Crippen LogP contribution in [0.5, 0.6) is 0 Å². The van der Waals surface area contributed by atoms with E-state index in [0.717, 1.165) is 0 Å². The molecule has 1 aliphatic rings. The summed E-state index contributed by atoms with van der Waals surface area (Å²) < 4.78 is 23.2. The Morgan fingerprint density at radius 1 is 1.42 bits per heavy atom. The van der Waals surface area contributed by atoms with Crippen molar-refractivity contribution in [3.05, 3.63) is 28.2 Å². The van der Waals surface area contributed by atoms with Crippen LogP contribution >= 0.6 is 26.6 Å². The van der Waals surface area contributed by atoms with Crippen molar-refractivity contribution in [2.45, 2.75) is 11.7 Å². The average Bonchev–Trinajstić information content (AvgIpc) is 2.71. The maximum Gasteiger partial charge on any atom is 0.237 e. The highest BCUT2D eigenvalue weighted by Crippen LogP contribution is 2.30. The van der Waals surface area contributed by atoms with Gasteiger partial charge in [-0.05, 0) is 18.2 Å². The van der Waals surface area contributed by atoms with E-state index in [2.05, 4.69) is 15.9 Å². The van der Waals surface area contributed by atoms with E-state index < -0.39 is 14.3 Å². The number of hydrogen-bond acceptors (Lipinski definition) is 4. The molecule has 1 heterocycles. The molecule has 2 rings (SSSR count). The van der Waals surface area contributed by atoms with Gasteiger partial charge in [0.05, 0.1) is 5.69 Å². The summed E-state index contributed by atoms with van der Waals surface area (Å²) in [5.74, 6) is -0.361. The molecule has 1 saturated heterocycles. The number of hydrogen-bond donors (Lipinski definition) is 0. The molecule has 1 amide bonds. The number of halogens is 2. The summed E-state index contributed by atoms with van der Waals surface area (Å²) in [6, 6.07) is 4.84. The minimum atomic E-state index is -3.79. The number of aldehydes is 1. The van der Waals surface area contributed by atoms with E-state index >= 15 is 0 Å². The van der Waals surface area contributed by atoms with Crippen molar-refractivity contribution in [1.82, 2.24) is 0 Å². The normalized spacial score (nSPS) is 19.8. The van der Waals surface area contributed by atoms with Gasteiger partial charge in [-0.25, -0.2) is 8.42 Å². The number of carbonyl (C=O) groups excluding carboxylic acids is 2. The molecule has 1 aromatic carbocycles. The lowest BCUT2D eigenvalue weighted by Gasteiger charge is -2.18. The third-order valence-corrected chi connectivity index (χ3v) is 5.26. The van der Waals surface area contributed by atoms with Crippen LogP contribution in [0.1, 0.15) is 16.8 Å². The Kier molecular flexibility index (Phi) is 3.98. The van der Waals surface area contributed by atoms with Gasteiger partial charge in [-0.2, -0.15) is 0 Å². The Hall–Kier alpha value is -0.920. The summed E-state index contributed by atoms with van der Waals surface area (Å²) in [7, 11) is 1.48. The lowest BCUT2D eigenvalue weighted by atomic mass is 10.2. The van der Waals surface area contributed by atoms with Crippen LogP contribution in [0.25, 0.3) is 0 Å². The molecular weight excluding hydrogens is 358 g/mol. The number of anilines is 1. The fourth-order valence-corrected chi connectivity index (χ4v) is 3.37. The van der Waals surface area contributed by atoms with Crippen LogP contribution in [0.2, 0.25) is 0 Å². The summed E-state index contributed by atoms with van der Waals surface area (Å²) in [5.41, 5.74) is 0.710. The van der Waals surface area contributed by atoms with Crippen molar-refractivity contribution in [1.29, 1.82) is 0 Å². The highest BCUT2D eigenvalue weighted by atomic mass is 79.9. The van der Waals surface area contributed by atoms with Crippen LogP contribution < -0.4 is 4.90 Å². The molecule has 0 saturated carbocycles. The Morgan fingerprint density at radius 2 is 2.11 bits per heavy atom. The fourth-order valence-electron chi connectivity index (χ4n) is 1.96. The van der Waals surface area contributed by atoms with Crippen LogP contribution in [-0.2, 0) is 13.8 Å². The van der Waals surface area contributed by atoms with Crippen LogP contribution in [-0.4, -0.2) is 32.4 Å². The molecule has 0 spiro atoms. The Bertz CT molecular complexity index is 646. The lowest BCUT2D eigenvalue weighted by Crippen LogP contribution is -2.27. The van der Waals surface area contributed by atoms with Crippen molar-refractivity contribution < 1.29 is 18.0 Å². The first-order chi connectivity index (χ1) is 8.82. The topological polar surface area (TPSA) is 71.5 Å². The second-order valence-corrected chi connectivity index (χ2v) is 7.95. The summed E-state index contributed by atoms with van der Waals surface area (Å²) in [5, 5.41) is -0.940. The first kappa shape index (κ1) is 14.5. The van der Waals surface area contributed by atoms with Gasteiger partial charge in [0.1, 0.15) is 5.25 Å². The number of benzene rings is 1. The maximum absolute atomic E-state index is 11.9. The van der Waals surface area contributed by atoms with E-state index in [4.69, 9.17) is 10.7 Å². The molecule has 1 aliphatic heterocycles. The minimum Gasteiger partial charge on any atom is -0.310 e. The van der Waals surface area contributed by atoms with Gasteiger partial charge in [0.25, 0.3) is 0 Å². The van der Waals surface area contributed by atoms with Gasteiger partial charge >= 0.3 is 0 Å². The van der Waals surface area contributed by atoms with E-state index in [1.165, 1.54) is 4.90 Å². The summed E-state index contributed by atoms with van der Waals surface area (Å²) in [6.45, 7) is -0.0346. The van der Waals surface area contributed by atoms with Crippen LogP contribution in [0.15, 0.2) is 22.7 Å². The molecule has 19 heavy (non-hydrogen) atoms. The van der Waals surface area contributed by atoms with Gasteiger partial charge in [0.15, 0.2) is 6.29 Å². The van der Waals surface area contributed by atoms with Crippen molar-refractivity contribution >= 4 is 53.5 Å². The number of amides is 1. The highest BCUT2D eigenvalue weighted by Gasteiger charge is 2.38. The molecular formula is C11H9BrClNO4S. The van der Waals surface area contributed by atoms with Gasteiger partial charge in [0, 0.05) is 33.7 Å². The first-order valence-corrected chi connectivity index (χ1v) is 8.48. The predicted molar refractivity (Wildman–Crippen MR) is 75.1 cm³/mol. The monoisotopic (exact) mass is 365 g/mol. The third-order valence-electron chi connectivity index (χ3n) is 2.90. The Balaban J connectivity index is 2.38. The zero-order valence-electron chi connectivity index (χ0n) is 9.55. The van der Waals surface area contributed by atoms with Crippen LogP contribution in [0, 0.1) is 0 Å². The smallest absolute Gasteiger partial charge is 0.237 e. The Morgan fingerprint density at radius 3 is 2.63 bits per heavy atom. The minimum absolute atomic E-state index is 0.0346. The number of nitrogens with zero attached hydrogens (tertiary/aromatic N) is 1. The molecule has 0 aromatic heterocycles. The number of carbonyl (C=O) groups is 2.